The van der Waals surface area contributed by atoms with Crippen LogP contribution in [0.5, 0.6) is 0 Å². The Kier molecular flexibility index (Phi) is 5.47. The SMILES string of the molecule is CCCN([C@H]1CCc2c(C(N)=NO)cccc21)[S@@](=O)C(C)(C)C. The number of hydrogen-bond acceptors (Lipinski definition) is 3. The van der Waals surface area contributed by atoms with Crippen molar-refractivity contribution < 1.29 is 9.42 Å². The second-order valence-electron chi connectivity index (χ2n) is 6.92. The van der Waals surface area contributed by atoms with Gasteiger partial charge in [-0.15, -0.1) is 0 Å². The highest BCUT2D eigenvalue weighted by molar-refractivity contribution is 7.84. The van der Waals surface area contributed by atoms with E-state index in [1.165, 1.54) is 0 Å². The molecule has 0 aromatic heterocycles. The predicted molar refractivity (Wildman–Crippen MR) is 94.9 cm³/mol. The van der Waals surface area contributed by atoms with E-state index in [2.05, 4.69) is 22.5 Å². The van der Waals surface area contributed by atoms with Crippen molar-refractivity contribution in [1.29, 1.82) is 0 Å². The van der Waals surface area contributed by atoms with E-state index in [1.807, 2.05) is 32.9 Å². The van der Waals surface area contributed by atoms with Crippen molar-refractivity contribution >= 4 is 16.8 Å². The topological polar surface area (TPSA) is 78.9 Å². The fraction of sp³-hybridized carbons (Fsp3) is 0.588. The van der Waals surface area contributed by atoms with Crippen LogP contribution in [0.25, 0.3) is 0 Å². The van der Waals surface area contributed by atoms with Crippen LogP contribution in [0, 0.1) is 0 Å². The number of rotatable bonds is 5. The van der Waals surface area contributed by atoms with Gasteiger partial charge in [-0.3, -0.25) is 0 Å². The molecule has 3 N–H and O–H groups in total. The average molecular weight is 337 g/mol. The van der Waals surface area contributed by atoms with Crippen LogP contribution in [0.4, 0.5) is 0 Å². The van der Waals surface area contributed by atoms with E-state index < -0.39 is 11.0 Å². The maximum Gasteiger partial charge on any atom is 0.170 e. The zero-order valence-electron chi connectivity index (χ0n) is 14.4. The van der Waals surface area contributed by atoms with Crippen LogP contribution in [-0.4, -0.2) is 30.8 Å². The smallest absolute Gasteiger partial charge is 0.170 e. The lowest BCUT2D eigenvalue weighted by atomic mass is 10.0. The Balaban J connectivity index is 2.42. The Hall–Kier alpha value is -1.40. The molecular formula is C17H27N3O2S. The van der Waals surface area contributed by atoms with E-state index in [9.17, 15) is 4.21 Å². The largest absolute Gasteiger partial charge is 0.409 e. The maximum absolute atomic E-state index is 13.0. The van der Waals surface area contributed by atoms with E-state index in [-0.39, 0.29) is 16.6 Å². The van der Waals surface area contributed by atoms with E-state index in [4.69, 9.17) is 10.9 Å². The van der Waals surface area contributed by atoms with Gasteiger partial charge in [-0.1, -0.05) is 30.3 Å². The van der Waals surface area contributed by atoms with E-state index >= 15 is 0 Å². The molecule has 0 unspecified atom stereocenters. The molecule has 1 aliphatic rings. The normalized spacial score (nSPS) is 19.9. The van der Waals surface area contributed by atoms with Crippen molar-refractivity contribution in [3.05, 3.63) is 34.9 Å². The van der Waals surface area contributed by atoms with Crippen LogP contribution in [0.2, 0.25) is 0 Å². The molecule has 2 rings (SSSR count). The summed E-state index contributed by atoms with van der Waals surface area (Å²) in [5.74, 6) is 0.140. The van der Waals surface area contributed by atoms with Crippen molar-refractivity contribution in [3.8, 4) is 0 Å². The number of amidine groups is 1. The molecule has 1 aliphatic carbocycles. The number of oxime groups is 1. The highest BCUT2D eigenvalue weighted by atomic mass is 32.2. The molecule has 0 aliphatic heterocycles. The second kappa shape index (κ2) is 7.01. The summed E-state index contributed by atoms with van der Waals surface area (Å²) in [4.78, 5) is 0. The zero-order chi connectivity index (χ0) is 17.2. The first kappa shape index (κ1) is 17.9. The number of nitrogens with two attached hydrogens (primary N) is 1. The second-order valence-corrected chi connectivity index (χ2v) is 9.11. The van der Waals surface area contributed by atoms with Crippen molar-refractivity contribution in [3.63, 3.8) is 0 Å². The van der Waals surface area contributed by atoms with Gasteiger partial charge in [0.05, 0.1) is 4.75 Å². The zero-order valence-corrected chi connectivity index (χ0v) is 15.2. The first-order valence-electron chi connectivity index (χ1n) is 8.09. The number of hydrogen-bond donors (Lipinski definition) is 2. The van der Waals surface area contributed by atoms with Crippen LogP contribution >= 0.6 is 0 Å². The summed E-state index contributed by atoms with van der Waals surface area (Å²) in [6.07, 6.45) is 2.72. The van der Waals surface area contributed by atoms with Gasteiger partial charge in [0.25, 0.3) is 0 Å². The minimum Gasteiger partial charge on any atom is -0.409 e. The molecule has 5 nitrogen and oxygen atoms in total. The fourth-order valence-corrected chi connectivity index (χ4v) is 4.65. The summed E-state index contributed by atoms with van der Waals surface area (Å²) in [5.41, 5.74) is 8.85. The number of nitrogens with zero attached hydrogens (tertiary/aromatic N) is 2. The molecule has 0 bridgehead atoms. The molecule has 0 saturated carbocycles. The molecular weight excluding hydrogens is 310 g/mol. The Bertz CT molecular complexity index is 623. The van der Waals surface area contributed by atoms with Crippen molar-refractivity contribution in [2.45, 2.75) is 57.7 Å². The third kappa shape index (κ3) is 3.58. The molecule has 1 aromatic rings. The third-order valence-corrected chi connectivity index (χ3v) is 6.06. The summed E-state index contributed by atoms with van der Waals surface area (Å²) in [6.45, 7) is 8.93. The Morgan fingerprint density at radius 1 is 1.48 bits per heavy atom. The lowest BCUT2D eigenvalue weighted by Crippen LogP contribution is -2.39. The minimum atomic E-state index is -1.07. The Labute approximate surface area is 141 Å². The van der Waals surface area contributed by atoms with Crippen LogP contribution in [0.1, 0.15) is 63.3 Å². The minimum absolute atomic E-state index is 0.122. The summed E-state index contributed by atoms with van der Waals surface area (Å²) in [7, 11) is -1.07. The summed E-state index contributed by atoms with van der Waals surface area (Å²) >= 11 is 0. The van der Waals surface area contributed by atoms with Crippen molar-refractivity contribution in [2.75, 3.05) is 6.54 Å². The lowest BCUT2D eigenvalue weighted by Gasteiger charge is -2.33. The predicted octanol–water partition coefficient (Wildman–Crippen LogP) is 2.94. The molecule has 0 heterocycles. The quantitative estimate of drug-likeness (QED) is 0.375. The first-order chi connectivity index (χ1) is 10.8. The fourth-order valence-electron chi connectivity index (χ4n) is 3.15. The van der Waals surface area contributed by atoms with Gasteiger partial charge in [0.2, 0.25) is 0 Å². The number of benzene rings is 1. The van der Waals surface area contributed by atoms with E-state index in [0.29, 0.717) is 0 Å². The molecule has 23 heavy (non-hydrogen) atoms. The molecule has 0 radical (unpaired) electrons. The highest BCUT2D eigenvalue weighted by Gasteiger charge is 2.36. The van der Waals surface area contributed by atoms with Crippen molar-refractivity contribution in [2.24, 2.45) is 10.9 Å². The monoisotopic (exact) mass is 337 g/mol. The highest BCUT2D eigenvalue weighted by Crippen LogP contribution is 2.39. The van der Waals surface area contributed by atoms with E-state index in [1.54, 1.807) is 0 Å². The molecule has 0 spiro atoms. The first-order valence-corrected chi connectivity index (χ1v) is 9.20. The summed E-state index contributed by atoms with van der Waals surface area (Å²) < 4.78 is 14.8. The Morgan fingerprint density at radius 3 is 2.74 bits per heavy atom. The maximum atomic E-state index is 13.0. The van der Waals surface area contributed by atoms with Gasteiger partial charge in [-0.05, 0) is 51.2 Å². The van der Waals surface area contributed by atoms with Gasteiger partial charge >= 0.3 is 0 Å². The molecule has 6 heteroatoms. The third-order valence-electron chi connectivity index (χ3n) is 4.15. The van der Waals surface area contributed by atoms with Gasteiger partial charge in [0, 0.05) is 18.2 Å². The van der Waals surface area contributed by atoms with Gasteiger partial charge in [-0.25, -0.2) is 8.51 Å². The summed E-state index contributed by atoms with van der Waals surface area (Å²) in [5, 5.41) is 12.1. The van der Waals surface area contributed by atoms with Gasteiger partial charge in [0.1, 0.15) is 11.0 Å². The molecule has 0 saturated heterocycles. The molecule has 1 aromatic carbocycles. The van der Waals surface area contributed by atoms with E-state index in [0.717, 1.165) is 42.5 Å². The van der Waals surface area contributed by atoms with Crippen LogP contribution in [0.3, 0.4) is 0 Å². The van der Waals surface area contributed by atoms with Crippen LogP contribution < -0.4 is 5.73 Å². The Morgan fingerprint density at radius 2 is 2.17 bits per heavy atom. The molecule has 2 atom stereocenters. The van der Waals surface area contributed by atoms with Gasteiger partial charge in [-0.2, -0.15) is 0 Å². The van der Waals surface area contributed by atoms with Crippen molar-refractivity contribution in [1.82, 2.24) is 4.31 Å². The van der Waals surface area contributed by atoms with Gasteiger partial charge in [0.15, 0.2) is 5.84 Å². The molecule has 0 amide bonds. The average Bonchev–Trinajstić information content (AvgIpc) is 2.94. The molecule has 128 valence electrons. The van der Waals surface area contributed by atoms with Crippen LogP contribution in [-0.2, 0) is 17.4 Å². The summed E-state index contributed by atoms with van der Waals surface area (Å²) in [6, 6.07) is 6.00. The van der Waals surface area contributed by atoms with Gasteiger partial charge < -0.3 is 10.9 Å². The number of fused-ring (bicyclic) bond motifs is 1. The van der Waals surface area contributed by atoms with Crippen LogP contribution in [0.15, 0.2) is 23.4 Å². The lowest BCUT2D eigenvalue weighted by molar-refractivity contribution is 0.318. The standard InChI is InChI=1S/C17H27N3O2S/c1-5-11-20(23(22)17(2,3)4)15-10-9-12-13(15)7-6-8-14(12)16(18)19-21/h6-8,15,21H,5,9-11H2,1-4H3,(H2,18,19)/t15-,23-/m0/s1. The molecule has 0 fully saturated rings.